The molecular weight excluding hydrogens is 390 g/mol. The van der Waals surface area contributed by atoms with E-state index in [-0.39, 0.29) is 31.6 Å². The Kier molecular flexibility index (Phi) is 6.94. The molecule has 1 fully saturated rings. The molecule has 9 nitrogen and oxygen atoms in total. The largest absolute Gasteiger partial charge is 0.481 e. The molecule has 9 heteroatoms. The molecule has 1 saturated heterocycles. The fourth-order valence-corrected chi connectivity index (χ4v) is 4.40. The first kappa shape index (κ1) is 22.0. The molecule has 3 rings (SSSR count). The smallest absolute Gasteiger partial charge is 0.303 e. The van der Waals surface area contributed by atoms with E-state index in [1.54, 1.807) is 20.3 Å². The zero-order valence-corrected chi connectivity index (χ0v) is 17.4. The minimum absolute atomic E-state index is 0.00489. The number of benzene rings is 1. The summed E-state index contributed by atoms with van der Waals surface area (Å²) in [5.74, 6) is -1.66. The van der Waals surface area contributed by atoms with Crippen LogP contribution in [0.1, 0.15) is 41.6 Å². The van der Waals surface area contributed by atoms with Crippen molar-refractivity contribution >= 4 is 23.5 Å². The summed E-state index contributed by atoms with van der Waals surface area (Å²) in [6, 6.07) is 4.75. The number of nitrogens with two attached hydrogens (primary N) is 1. The van der Waals surface area contributed by atoms with Gasteiger partial charge in [-0.25, -0.2) is 0 Å². The molecule has 0 radical (unpaired) electrons. The Morgan fingerprint density at radius 3 is 2.47 bits per heavy atom. The topological polar surface area (TPSA) is 122 Å². The molecule has 0 saturated carbocycles. The highest BCUT2D eigenvalue weighted by molar-refractivity contribution is 6.01. The first-order chi connectivity index (χ1) is 14.3. The van der Waals surface area contributed by atoms with Crippen LogP contribution in [-0.2, 0) is 25.6 Å². The predicted molar refractivity (Wildman–Crippen MR) is 109 cm³/mol. The highest BCUT2D eigenvalue weighted by Gasteiger charge is 2.36. The Bertz CT molecular complexity index is 802. The molecule has 1 unspecified atom stereocenters. The number of primary amides is 1. The average Bonchev–Trinajstić information content (AvgIpc) is 3.05. The zero-order chi connectivity index (χ0) is 21.8. The Hall–Kier alpha value is -2.65. The van der Waals surface area contributed by atoms with Crippen molar-refractivity contribution in [3.8, 4) is 0 Å². The van der Waals surface area contributed by atoms with Crippen LogP contribution in [0.15, 0.2) is 18.2 Å². The van der Waals surface area contributed by atoms with E-state index in [9.17, 15) is 14.4 Å². The number of methoxy groups -OCH3 is 2. The molecule has 2 aliphatic heterocycles. The Balaban J connectivity index is 1.70. The van der Waals surface area contributed by atoms with Crippen LogP contribution in [0.3, 0.4) is 0 Å². The molecular formula is C21H29N3O6. The lowest BCUT2D eigenvalue weighted by Gasteiger charge is -2.36. The fraction of sp³-hybridized carbons (Fsp3) is 0.571. The van der Waals surface area contributed by atoms with Crippen molar-refractivity contribution in [2.75, 3.05) is 32.2 Å². The van der Waals surface area contributed by atoms with Gasteiger partial charge in [0.15, 0.2) is 6.29 Å². The van der Waals surface area contributed by atoms with Gasteiger partial charge in [0.25, 0.3) is 5.91 Å². The van der Waals surface area contributed by atoms with Crippen molar-refractivity contribution in [2.45, 2.75) is 44.6 Å². The normalized spacial score (nSPS) is 18.0. The number of ether oxygens (including phenoxy) is 2. The number of hydrogen-bond donors (Lipinski definition) is 2. The van der Waals surface area contributed by atoms with E-state index in [0.717, 1.165) is 37.2 Å². The predicted octanol–water partition coefficient (Wildman–Crippen LogP) is 1.20. The third kappa shape index (κ3) is 4.57. The number of piperidine rings is 1. The molecule has 0 aliphatic carbocycles. The number of hydrogen-bond acceptors (Lipinski definition) is 6. The molecule has 30 heavy (non-hydrogen) atoms. The standard InChI is InChI=1S/C21H29N3O6/c1-29-21(30-2)13-7-9-23(10-8-13)15-3-4-16-14(11-15)12-24(20(16)28)17(19(22)27)5-6-18(25)26/h3-4,11,13,17,21H,5-10,12H2,1-2H3,(H2,22,27)(H,25,26). The van der Waals surface area contributed by atoms with Crippen LogP contribution < -0.4 is 10.6 Å². The summed E-state index contributed by atoms with van der Waals surface area (Å²) in [4.78, 5) is 39.2. The van der Waals surface area contributed by atoms with E-state index >= 15 is 0 Å². The van der Waals surface area contributed by atoms with Gasteiger partial charge in [0.1, 0.15) is 6.04 Å². The van der Waals surface area contributed by atoms with Crippen molar-refractivity contribution < 1.29 is 29.0 Å². The molecule has 0 aromatic heterocycles. The van der Waals surface area contributed by atoms with Gasteiger partial charge in [-0.05, 0) is 43.0 Å². The number of carboxylic acid groups (broad SMARTS) is 1. The number of carbonyl (C=O) groups is 3. The van der Waals surface area contributed by atoms with Crippen LogP contribution in [0.2, 0.25) is 0 Å². The number of amides is 2. The lowest BCUT2D eigenvalue weighted by Crippen LogP contribution is -2.45. The molecule has 1 aromatic carbocycles. The van der Waals surface area contributed by atoms with Crippen LogP contribution >= 0.6 is 0 Å². The van der Waals surface area contributed by atoms with Crippen molar-refractivity contribution in [3.05, 3.63) is 29.3 Å². The minimum atomic E-state index is -1.03. The molecule has 2 aliphatic rings. The molecule has 164 valence electrons. The molecule has 2 heterocycles. The van der Waals surface area contributed by atoms with E-state index in [1.165, 1.54) is 4.90 Å². The molecule has 3 N–H and O–H groups in total. The van der Waals surface area contributed by atoms with Gasteiger partial charge in [-0.2, -0.15) is 0 Å². The molecule has 0 bridgehead atoms. The van der Waals surface area contributed by atoms with Crippen LogP contribution in [-0.4, -0.2) is 67.4 Å². The molecule has 1 aromatic rings. The number of fused-ring (bicyclic) bond motifs is 1. The van der Waals surface area contributed by atoms with E-state index in [1.807, 2.05) is 12.1 Å². The maximum absolute atomic E-state index is 12.8. The quantitative estimate of drug-likeness (QED) is 0.577. The van der Waals surface area contributed by atoms with E-state index < -0.39 is 17.9 Å². The van der Waals surface area contributed by atoms with Gasteiger partial charge in [-0.15, -0.1) is 0 Å². The summed E-state index contributed by atoms with van der Waals surface area (Å²) in [5, 5.41) is 8.91. The average molecular weight is 419 g/mol. The van der Waals surface area contributed by atoms with Gasteiger partial charge < -0.3 is 30.1 Å². The van der Waals surface area contributed by atoms with Gasteiger partial charge in [-0.1, -0.05) is 0 Å². The van der Waals surface area contributed by atoms with Crippen molar-refractivity contribution in [3.63, 3.8) is 0 Å². The van der Waals surface area contributed by atoms with Crippen LogP contribution in [0.5, 0.6) is 0 Å². The number of nitrogens with zero attached hydrogens (tertiary/aromatic N) is 2. The Labute approximate surface area is 175 Å². The summed E-state index contributed by atoms with van der Waals surface area (Å²) in [5.41, 5.74) is 7.84. The number of anilines is 1. The molecule has 1 atom stereocenters. The fourth-order valence-electron chi connectivity index (χ4n) is 4.40. The summed E-state index contributed by atoms with van der Waals surface area (Å²) in [7, 11) is 3.30. The van der Waals surface area contributed by atoms with Gasteiger partial charge in [-0.3, -0.25) is 14.4 Å². The number of rotatable bonds is 9. The molecule has 0 spiro atoms. The maximum atomic E-state index is 12.8. The number of carbonyl (C=O) groups excluding carboxylic acids is 2. The first-order valence-electron chi connectivity index (χ1n) is 10.1. The first-order valence-corrected chi connectivity index (χ1v) is 10.1. The third-order valence-corrected chi connectivity index (χ3v) is 6.01. The van der Waals surface area contributed by atoms with Crippen LogP contribution in [0, 0.1) is 5.92 Å². The Morgan fingerprint density at radius 2 is 1.90 bits per heavy atom. The van der Waals surface area contributed by atoms with E-state index in [4.69, 9.17) is 20.3 Å². The highest BCUT2D eigenvalue weighted by atomic mass is 16.7. The second-order valence-electron chi connectivity index (χ2n) is 7.79. The summed E-state index contributed by atoms with van der Waals surface area (Å²) >= 11 is 0. The molecule has 2 amide bonds. The lowest BCUT2D eigenvalue weighted by molar-refractivity contribution is -0.141. The number of aliphatic carboxylic acids is 1. The number of carboxylic acids is 1. The monoisotopic (exact) mass is 419 g/mol. The Morgan fingerprint density at radius 1 is 1.23 bits per heavy atom. The second-order valence-corrected chi connectivity index (χ2v) is 7.79. The highest BCUT2D eigenvalue weighted by Crippen LogP contribution is 2.32. The van der Waals surface area contributed by atoms with Crippen LogP contribution in [0.4, 0.5) is 5.69 Å². The van der Waals surface area contributed by atoms with Crippen LogP contribution in [0.25, 0.3) is 0 Å². The van der Waals surface area contributed by atoms with Gasteiger partial charge in [0, 0.05) is 57.4 Å². The van der Waals surface area contributed by atoms with Gasteiger partial charge in [0.2, 0.25) is 5.91 Å². The van der Waals surface area contributed by atoms with Crippen molar-refractivity contribution in [1.82, 2.24) is 4.90 Å². The SMILES string of the molecule is COC(OC)C1CCN(c2ccc3c(c2)CN(C(CCC(=O)O)C(N)=O)C3=O)CC1. The third-order valence-electron chi connectivity index (χ3n) is 6.01. The van der Waals surface area contributed by atoms with E-state index in [0.29, 0.717) is 11.5 Å². The zero-order valence-electron chi connectivity index (χ0n) is 17.4. The minimum Gasteiger partial charge on any atom is -0.481 e. The summed E-state index contributed by atoms with van der Waals surface area (Å²) < 4.78 is 10.8. The summed E-state index contributed by atoms with van der Waals surface area (Å²) in [6.07, 6.45) is 1.46. The second kappa shape index (κ2) is 9.44. The van der Waals surface area contributed by atoms with Gasteiger partial charge in [0.05, 0.1) is 0 Å². The maximum Gasteiger partial charge on any atom is 0.303 e. The summed E-state index contributed by atoms with van der Waals surface area (Å²) in [6.45, 7) is 1.96. The van der Waals surface area contributed by atoms with Crippen molar-refractivity contribution in [2.24, 2.45) is 11.7 Å². The van der Waals surface area contributed by atoms with E-state index in [2.05, 4.69) is 4.90 Å². The van der Waals surface area contributed by atoms with Crippen molar-refractivity contribution in [1.29, 1.82) is 0 Å². The van der Waals surface area contributed by atoms with Gasteiger partial charge >= 0.3 is 5.97 Å². The lowest BCUT2D eigenvalue weighted by atomic mass is 9.95.